The van der Waals surface area contributed by atoms with Crippen molar-refractivity contribution in [3.05, 3.63) is 46.8 Å². The number of allylic oxidation sites excluding steroid dienone is 1. The molecule has 1 aromatic carbocycles. The number of aromatic nitrogens is 1. The number of nitrogens with zero attached hydrogens (tertiary/aromatic N) is 1. The van der Waals surface area contributed by atoms with Gasteiger partial charge in [0.1, 0.15) is 12.0 Å². The summed E-state index contributed by atoms with van der Waals surface area (Å²) in [7, 11) is 3.29. The molecule has 0 aliphatic heterocycles. The van der Waals surface area contributed by atoms with Gasteiger partial charge >= 0.3 is 0 Å². The van der Waals surface area contributed by atoms with Gasteiger partial charge in [0.25, 0.3) is 5.91 Å². The summed E-state index contributed by atoms with van der Waals surface area (Å²) in [6, 6.07) is 5.90. The van der Waals surface area contributed by atoms with Crippen molar-refractivity contribution in [1.29, 1.82) is 0 Å². The standard InChI is InChI=1S/C25H33N3O3S/c1-8-32(7)27-20-14-18(25(2,3)4)13-19(23(20)31-6)26-24(30)21-12-16-10-9-11-17(15-29)22(16)28(21)5/h8-10,12-15,17,27H,11H2,1-7H3,(H,26,30). The van der Waals surface area contributed by atoms with E-state index < -0.39 is 0 Å². The molecule has 2 N–H and O–H groups in total. The number of benzene rings is 1. The number of amides is 1. The average molecular weight is 456 g/mol. The molecule has 0 fully saturated rings. The lowest BCUT2D eigenvalue weighted by Crippen LogP contribution is -2.19. The quantitative estimate of drug-likeness (QED) is 0.456. The number of carbonyl (C=O) groups excluding carboxylic acids is 2. The maximum atomic E-state index is 13.3. The molecule has 1 aliphatic rings. The van der Waals surface area contributed by atoms with Crippen LogP contribution in [-0.4, -0.2) is 35.5 Å². The Morgan fingerprint density at radius 3 is 2.53 bits per heavy atom. The molecular weight excluding hydrogens is 422 g/mol. The molecule has 32 heavy (non-hydrogen) atoms. The molecule has 1 amide bonds. The topological polar surface area (TPSA) is 72.4 Å². The highest BCUT2D eigenvalue weighted by Crippen LogP contribution is 2.40. The van der Waals surface area contributed by atoms with Gasteiger partial charge in [-0.1, -0.05) is 32.9 Å². The van der Waals surface area contributed by atoms with Gasteiger partial charge in [-0.15, -0.1) is 10.7 Å². The maximum absolute atomic E-state index is 13.3. The number of fused-ring (bicyclic) bond motifs is 1. The molecule has 2 aromatic rings. The van der Waals surface area contributed by atoms with Crippen LogP contribution in [0.3, 0.4) is 0 Å². The monoisotopic (exact) mass is 455 g/mol. The fourth-order valence-corrected chi connectivity index (χ4v) is 4.51. The van der Waals surface area contributed by atoms with Crippen molar-refractivity contribution < 1.29 is 14.3 Å². The van der Waals surface area contributed by atoms with E-state index in [0.717, 1.165) is 28.8 Å². The molecule has 0 saturated heterocycles. The zero-order valence-electron chi connectivity index (χ0n) is 19.9. The van der Waals surface area contributed by atoms with Crippen molar-refractivity contribution in [3.8, 4) is 5.75 Å². The number of ether oxygens (including phenoxy) is 1. The molecule has 0 bridgehead atoms. The number of nitrogens with one attached hydrogen (secondary N) is 2. The summed E-state index contributed by atoms with van der Waals surface area (Å²) in [5, 5.41) is 5.15. The number of anilines is 2. The molecule has 0 radical (unpaired) electrons. The zero-order chi connectivity index (χ0) is 23.6. The molecule has 2 unspecified atom stereocenters. The van der Waals surface area contributed by atoms with E-state index in [2.05, 4.69) is 48.5 Å². The predicted molar refractivity (Wildman–Crippen MR) is 136 cm³/mol. The van der Waals surface area contributed by atoms with Crippen LogP contribution >= 0.6 is 10.7 Å². The Labute approximate surface area is 193 Å². The normalized spacial score (nSPS) is 16.4. The lowest BCUT2D eigenvalue weighted by molar-refractivity contribution is -0.109. The minimum absolute atomic E-state index is 0.115. The summed E-state index contributed by atoms with van der Waals surface area (Å²) in [4.78, 5) is 24.9. The average Bonchev–Trinajstić information content (AvgIpc) is 3.09. The minimum atomic E-state index is -0.243. The summed E-state index contributed by atoms with van der Waals surface area (Å²) < 4.78 is 11.0. The third-order valence-electron chi connectivity index (χ3n) is 5.78. The van der Waals surface area contributed by atoms with E-state index in [1.165, 1.54) is 0 Å². The Morgan fingerprint density at radius 2 is 1.94 bits per heavy atom. The Balaban J connectivity index is 2.06. The van der Waals surface area contributed by atoms with Crippen molar-refractivity contribution in [1.82, 2.24) is 4.57 Å². The molecular formula is C25H33N3O3S. The minimum Gasteiger partial charge on any atom is -0.492 e. The summed E-state index contributed by atoms with van der Waals surface area (Å²) in [5.74, 6) is 0.119. The fraction of sp³-hybridized carbons (Fsp3) is 0.400. The lowest BCUT2D eigenvalue weighted by atomic mass is 9.86. The number of rotatable bonds is 6. The van der Waals surface area contributed by atoms with Gasteiger partial charge in [0.15, 0.2) is 5.75 Å². The molecule has 6 nitrogen and oxygen atoms in total. The van der Waals surface area contributed by atoms with Crippen LogP contribution in [0.4, 0.5) is 11.4 Å². The van der Waals surface area contributed by atoms with Gasteiger partial charge in [0.2, 0.25) is 0 Å². The van der Waals surface area contributed by atoms with E-state index in [4.69, 9.17) is 4.74 Å². The first-order valence-electron chi connectivity index (χ1n) is 10.7. The van der Waals surface area contributed by atoms with Crippen LogP contribution in [0.1, 0.15) is 67.3 Å². The third-order valence-corrected chi connectivity index (χ3v) is 7.03. The first-order valence-corrected chi connectivity index (χ1v) is 12.4. The van der Waals surface area contributed by atoms with Crippen LogP contribution in [0.15, 0.2) is 24.3 Å². The number of aldehydes is 1. The highest BCUT2D eigenvalue weighted by Gasteiger charge is 2.26. The van der Waals surface area contributed by atoms with E-state index in [0.29, 0.717) is 23.6 Å². The Bertz CT molecular complexity index is 1110. The van der Waals surface area contributed by atoms with Crippen LogP contribution in [0.25, 0.3) is 6.08 Å². The first kappa shape index (κ1) is 23.9. The lowest BCUT2D eigenvalue weighted by Gasteiger charge is -2.24. The van der Waals surface area contributed by atoms with Crippen LogP contribution in [0.2, 0.25) is 0 Å². The molecule has 3 rings (SSSR count). The SMILES string of the molecule is C/C=S(\C)Nc1cc(C(C)(C)C)cc(NC(=O)c2cc3c(n2C)C(C=O)CC=C3)c1OC. The van der Waals surface area contributed by atoms with Crippen molar-refractivity contribution >= 4 is 45.7 Å². The van der Waals surface area contributed by atoms with Crippen molar-refractivity contribution in [2.75, 3.05) is 23.4 Å². The van der Waals surface area contributed by atoms with Gasteiger partial charge in [0, 0.05) is 12.7 Å². The first-order chi connectivity index (χ1) is 15.1. The van der Waals surface area contributed by atoms with Gasteiger partial charge in [-0.05, 0) is 59.7 Å². The van der Waals surface area contributed by atoms with Crippen LogP contribution in [-0.2, 0) is 17.3 Å². The smallest absolute Gasteiger partial charge is 0.272 e. The summed E-state index contributed by atoms with van der Waals surface area (Å²) in [6.45, 7) is 8.42. The second-order valence-electron chi connectivity index (χ2n) is 9.01. The molecule has 0 spiro atoms. The van der Waals surface area contributed by atoms with E-state index in [1.54, 1.807) is 7.11 Å². The van der Waals surface area contributed by atoms with Gasteiger partial charge in [-0.2, -0.15) is 0 Å². The predicted octanol–water partition coefficient (Wildman–Crippen LogP) is 5.33. The molecule has 2 atom stereocenters. The number of methoxy groups -OCH3 is 1. The third kappa shape index (κ3) is 4.67. The van der Waals surface area contributed by atoms with Crippen molar-refractivity contribution in [3.63, 3.8) is 0 Å². The molecule has 1 aliphatic carbocycles. The number of hydrogen-bond acceptors (Lipinski definition) is 4. The summed E-state index contributed by atoms with van der Waals surface area (Å²) in [6.07, 6.45) is 7.64. The number of hydrogen-bond donors (Lipinski definition) is 2. The summed E-state index contributed by atoms with van der Waals surface area (Å²) in [5.41, 5.74) is 4.71. The molecule has 1 aromatic heterocycles. The summed E-state index contributed by atoms with van der Waals surface area (Å²) >= 11 is 0. The molecule has 1 heterocycles. The largest absolute Gasteiger partial charge is 0.492 e. The van der Waals surface area contributed by atoms with Crippen molar-refractivity contribution in [2.24, 2.45) is 7.05 Å². The molecule has 7 heteroatoms. The number of carbonyl (C=O) groups is 2. The van der Waals surface area contributed by atoms with Gasteiger partial charge in [0.05, 0.1) is 24.4 Å². The van der Waals surface area contributed by atoms with E-state index >= 15 is 0 Å². The molecule has 172 valence electrons. The fourth-order valence-electron chi connectivity index (χ4n) is 3.90. The molecule has 0 saturated carbocycles. The van der Waals surface area contributed by atoms with Gasteiger partial charge in [-0.3, -0.25) is 4.79 Å². The Morgan fingerprint density at radius 1 is 1.25 bits per heavy atom. The zero-order valence-corrected chi connectivity index (χ0v) is 20.7. The van der Waals surface area contributed by atoms with Crippen LogP contribution < -0.4 is 14.8 Å². The van der Waals surface area contributed by atoms with Crippen LogP contribution in [0.5, 0.6) is 5.75 Å². The van der Waals surface area contributed by atoms with Gasteiger partial charge in [-0.25, -0.2) is 0 Å². The highest BCUT2D eigenvalue weighted by molar-refractivity contribution is 8.15. The maximum Gasteiger partial charge on any atom is 0.272 e. The van der Waals surface area contributed by atoms with E-state index in [-0.39, 0.29) is 27.9 Å². The van der Waals surface area contributed by atoms with E-state index in [9.17, 15) is 9.59 Å². The Hall–Kier alpha value is -2.80. The Kier molecular flexibility index (Phi) is 6.98. The van der Waals surface area contributed by atoms with E-state index in [1.807, 2.05) is 42.8 Å². The van der Waals surface area contributed by atoms with Gasteiger partial charge < -0.3 is 24.1 Å². The van der Waals surface area contributed by atoms with Crippen LogP contribution in [0, 0.1) is 0 Å². The second-order valence-corrected chi connectivity index (χ2v) is 10.8. The highest BCUT2D eigenvalue weighted by atomic mass is 32.2. The second kappa shape index (κ2) is 9.36. The van der Waals surface area contributed by atoms with Crippen molar-refractivity contribution in [2.45, 2.75) is 45.4 Å².